The SMILES string of the molecule is CSC1(CN2CCC(=O)NC(CC(C)C)C2=O)CCCC1. The van der Waals surface area contributed by atoms with E-state index in [0.29, 0.717) is 18.9 Å². The molecule has 2 aliphatic rings. The number of hydrogen-bond acceptors (Lipinski definition) is 3. The molecule has 0 aromatic heterocycles. The van der Waals surface area contributed by atoms with Crippen molar-refractivity contribution >= 4 is 23.6 Å². The first-order valence-corrected chi connectivity index (χ1v) is 9.31. The van der Waals surface area contributed by atoms with E-state index in [1.807, 2.05) is 16.7 Å². The van der Waals surface area contributed by atoms with Crippen LogP contribution in [-0.4, -0.2) is 46.8 Å². The number of nitrogens with zero attached hydrogens (tertiary/aromatic N) is 1. The zero-order chi connectivity index (χ0) is 15.5. The molecule has 2 rings (SSSR count). The van der Waals surface area contributed by atoms with Crippen molar-refractivity contribution in [3.63, 3.8) is 0 Å². The topological polar surface area (TPSA) is 49.4 Å². The van der Waals surface area contributed by atoms with Crippen molar-refractivity contribution in [3.8, 4) is 0 Å². The van der Waals surface area contributed by atoms with Crippen LogP contribution in [0.3, 0.4) is 0 Å². The van der Waals surface area contributed by atoms with Crippen molar-refractivity contribution < 1.29 is 9.59 Å². The molecule has 0 spiro atoms. The van der Waals surface area contributed by atoms with Crippen molar-refractivity contribution in [2.24, 2.45) is 5.92 Å². The van der Waals surface area contributed by atoms with Crippen LogP contribution in [0.5, 0.6) is 0 Å². The van der Waals surface area contributed by atoms with E-state index in [2.05, 4.69) is 25.4 Å². The Labute approximate surface area is 132 Å². The molecule has 1 N–H and O–H groups in total. The van der Waals surface area contributed by atoms with Crippen LogP contribution in [0.1, 0.15) is 52.4 Å². The summed E-state index contributed by atoms with van der Waals surface area (Å²) < 4.78 is 0.214. The molecule has 2 fully saturated rings. The minimum Gasteiger partial charge on any atom is -0.344 e. The lowest BCUT2D eigenvalue weighted by Gasteiger charge is -2.34. The van der Waals surface area contributed by atoms with E-state index < -0.39 is 0 Å². The predicted octanol–water partition coefficient (Wildman–Crippen LogP) is 2.43. The van der Waals surface area contributed by atoms with Gasteiger partial charge in [-0.2, -0.15) is 11.8 Å². The summed E-state index contributed by atoms with van der Waals surface area (Å²) in [6, 6.07) is -0.333. The average Bonchev–Trinajstić information content (AvgIpc) is 2.86. The Hall–Kier alpha value is -0.710. The lowest BCUT2D eigenvalue weighted by atomic mass is 10.0. The number of carbonyl (C=O) groups is 2. The first-order valence-electron chi connectivity index (χ1n) is 8.09. The van der Waals surface area contributed by atoms with Gasteiger partial charge in [0.25, 0.3) is 0 Å². The van der Waals surface area contributed by atoms with Gasteiger partial charge in [-0.25, -0.2) is 0 Å². The molecule has 1 aliphatic carbocycles. The lowest BCUT2D eigenvalue weighted by molar-refractivity contribution is -0.134. The Bertz CT molecular complexity index is 392. The normalized spacial score (nSPS) is 26.1. The number of rotatable bonds is 5. The molecule has 0 bridgehead atoms. The Morgan fingerprint density at radius 2 is 2.00 bits per heavy atom. The molecule has 120 valence electrons. The van der Waals surface area contributed by atoms with Crippen LogP contribution in [0.25, 0.3) is 0 Å². The van der Waals surface area contributed by atoms with Crippen LogP contribution in [-0.2, 0) is 9.59 Å². The van der Waals surface area contributed by atoms with E-state index in [4.69, 9.17) is 0 Å². The molecular weight excluding hydrogens is 284 g/mol. The van der Waals surface area contributed by atoms with Crippen LogP contribution < -0.4 is 5.32 Å². The zero-order valence-corrected chi connectivity index (χ0v) is 14.3. The first kappa shape index (κ1) is 16.7. The van der Waals surface area contributed by atoms with Crippen molar-refractivity contribution in [2.75, 3.05) is 19.3 Å². The highest BCUT2D eigenvalue weighted by molar-refractivity contribution is 8.00. The molecule has 4 nitrogen and oxygen atoms in total. The summed E-state index contributed by atoms with van der Waals surface area (Å²) in [4.78, 5) is 26.6. The fourth-order valence-electron chi connectivity index (χ4n) is 3.48. The van der Waals surface area contributed by atoms with Gasteiger partial charge in [-0.05, 0) is 31.4 Å². The summed E-state index contributed by atoms with van der Waals surface area (Å²) in [7, 11) is 0. The molecule has 1 aliphatic heterocycles. The highest BCUT2D eigenvalue weighted by atomic mass is 32.2. The van der Waals surface area contributed by atoms with Gasteiger partial charge in [-0.15, -0.1) is 0 Å². The summed E-state index contributed by atoms with van der Waals surface area (Å²) in [6.45, 7) is 5.56. The van der Waals surface area contributed by atoms with E-state index in [1.165, 1.54) is 25.7 Å². The molecule has 1 unspecified atom stereocenters. The third-order valence-corrected chi connectivity index (χ3v) is 6.09. The highest BCUT2D eigenvalue weighted by Gasteiger charge is 2.39. The number of thioether (sulfide) groups is 1. The standard InChI is InChI=1S/C16H28N2O2S/c1-12(2)10-13-15(20)18(9-6-14(19)17-13)11-16(21-3)7-4-5-8-16/h12-13H,4-11H2,1-3H3,(H,17,19). The van der Waals surface area contributed by atoms with Gasteiger partial charge in [0.15, 0.2) is 0 Å². The molecule has 1 saturated carbocycles. The number of nitrogens with one attached hydrogen (secondary N) is 1. The Morgan fingerprint density at radius 3 is 2.57 bits per heavy atom. The minimum absolute atomic E-state index is 0.0149. The van der Waals surface area contributed by atoms with Crippen LogP contribution in [0.2, 0.25) is 0 Å². The molecule has 0 aromatic carbocycles. The third kappa shape index (κ3) is 4.15. The summed E-state index contributed by atoms with van der Waals surface area (Å²) in [5.74, 6) is 0.538. The van der Waals surface area contributed by atoms with Gasteiger partial charge in [-0.1, -0.05) is 26.7 Å². The monoisotopic (exact) mass is 312 g/mol. The summed E-state index contributed by atoms with van der Waals surface area (Å²) in [5, 5.41) is 2.91. The minimum atomic E-state index is -0.333. The van der Waals surface area contributed by atoms with E-state index in [-0.39, 0.29) is 22.6 Å². The number of carbonyl (C=O) groups excluding carboxylic acids is 2. The van der Waals surface area contributed by atoms with E-state index in [1.54, 1.807) is 0 Å². The largest absolute Gasteiger partial charge is 0.344 e. The maximum absolute atomic E-state index is 12.8. The predicted molar refractivity (Wildman–Crippen MR) is 87.3 cm³/mol. The van der Waals surface area contributed by atoms with E-state index >= 15 is 0 Å². The van der Waals surface area contributed by atoms with E-state index in [0.717, 1.165) is 13.0 Å². The molecule has 2 amide bonds. The van der Waals surface area contributed by atoms with Gasteiger partial charge >= 0.3 is 0 Å². The fraction of sp³-hybridized carbons (Fsp3) is 0.875. The second kappa shape index (κ2) is 7.03. The van der Waals surface area contributed by atoms with Crippen molar-refractivity contribution in [3.05, 3.63) is 0 Å². The molecule has 1 atom stereocenters. The van der Waals surface area contributed by atoms with Crippen LogP contribution in [0, 0.1) is 5.92 Å². The number of hydrogen-bond donors (Lipinski definition) is 1. The molecule has 1 heterocycles. The second-order valence-corrected chi connectivity index (χ2v) is 8.13. The molecule has 5 heteroatoms. The van der Waals surface area contributed by atoms with E-state index in [9.17, 15) is 9.59 Å². The van der Waals surface area contributed by atoms with Crippen LogP contribution in [0.4, 0.5) is 0 Å². The second-order valence-electron chi connectivity index (χ2n) is 6.85. The van der Waals surface area contributed by atoms with Crippen molar-refractivity contribution in [1.82, 2.24) is 10.2 Å². The van der Waals surface area contributed by atoms with Gasteiger partial charge in [0.2, 0.25) is 11.8 Å². The summed E-state index contributed by atoms with van der Waals surface area (Å²) in [6.07, 6.45) is 8.22. The van der Waals surface area contributed by atoms with Gasteiger partial charge in [0.1, 0.15) is 6.04 Å². The quantitative estimate of drug-likeness (QED) is 0.848. The third-order valence-electron chi connectivity index (χ3n) is 4.69. The Morgan fingerprint density at radius 1 is 1.33 bits per heavy atom. The van der Waals surface area contributed by atoms with Gasteiger partial charge in [-0.3, -0.25) is 9.59 Å². The maximum Gasteiger partial charge on any atom is 0.245 e. The smallest absolute Gasteiger partial charge is 0.245 e. The molecular formula is C16H28N2O2S. The molecule has 0 radical (unpaired) electrons. The van der Waals surface area contributed by atoms with Crippen LogP contribution >= 0.6 is 11.8 Å². The van der Waals surface area contributed by atoms with Crippen molar-refractivity contribution in [1.29, 1.82) is 0 Å². The molecule has 21 heavy (non-hydrogen) atoms. The molecule has 0 aromatic rings. The fourth-order valence-corrected chi connectivity index (χ4v) is 4.46. The average molecular weight is 312 g/mol. The van der Waals surface area contributed by atoms with Crippen molar-refractivity contribution in [2.45, 2.75) is 63.2 Å². The molecule has 1 saturated heterocycles. The first-order chi connectivity index (χ1) is 9.96. The highest BCUT2D eigenvalue weighted by Crippen LogP contribution is 2.41. The lowest BCUT2D eigenvalue weighted by Crippen LogP contribution is -2.49. The zero-order valence-electron chi connectivity index (χ0n) is 13.5. The Kier molecular flexibility index (Phi) is 5.58. The number of amides is 2. The summed E-state index contributed by atoms with van der Waals surface area (Å²) >= 11 is 1.90. The maximum atomic E-state index is 12.8. The van der Waals surface area contributed by atoms with Gasteiger partial charge in [0, 0.05) is 24.3 Å². The van der Waals surface area contributed by atoms with Gasteiger partial charge in [0.05, 0.1) is 0 Å². The summed E-state index contributed by atoms with van der Waals surface area (Å²) in [5.41, 5.74) is 0. The Balaban J connectivity index is 2.09. The van der Waals surface area contributed by atoms with Crippen LogP contribution in [0.15, 0.2) is 0 Å². The van der Waals surface area contributed by atoms with Gasteiger partial charge < -0.3 is 10.2 Å².